The lowest BCUT2D eigenvalue weighted by atomic mass is 9.92. The number of pyridine rings is 2. The van der Waals surface area contributed by atoms with Crippen LogP contribution in [0.3, 0.4) is 0 Å². The summed E-state index contributed by atoms with van der Waals surface area (Å²) in [6.07, 6.45) is 6.28. The Morgan fingerprint density at radius 3 is 2.39 bits per heavy atom. The molecule has 0 radical (unpaired) electrons. The number of aryl methyl sites for hydroxylation is 3. The molecule has 1 atom stereocenters. The van der Waals surface area contributed by atoms with E-state index in [0.717, 1.165) is 99.1 Å². The van der Waals surface area contributed by atoms with Gasteiger partial charge < -0.3 is 38.7 Å². The van der Waals surface area contributed by atoms with Gasteiger partial charge in [0.15, 0.2) is 5.78 Å². The Hall–Kier alpha value is -6.15. The van der Waals surface area contributed by atoms with Crippen LogP contribution in [0.25, 0.3) is 33.1 Å². The van der Waals surface area contributed by atoms with E-state index in [-0.39, 0.29) is 42.0 Å². The number of aromatic amines is 1. The Morgan fingerprint density at radius 2 is 1.64 bits per heavy atom. The molecule has 3 aromatic carbocycles. The van der Waals surface area contributed by atoms with Gasteiger partial charge in [0.05, 0.1) is 37.8 Å². The zero-order valence-corrected chi connectivity index (χ0v) is 38.6. The van der Waals surface area contributed by atoms with Crippen LogP contribution in [0.15, 0.2) is 83.8 Å². The zero-order chi connectivity index (χ0) is 46.2. The van der Waals surface area contributed by atoms with E-state index in [9.17, 15) is 19.2 Å². The monoisotopic (exact) mass is 895 g/mol. The quantitative estimate of drug-likeness (QED) is 0.0600. The molecule has 1 saturated carbocycles. The number of H-pyrrole nitrogens is 1. The highest BCUT2D eigenvalue weighted by Crippen LogP contribution is 2.37. The van der Waals surface area contributed by atoms with Gasteiger partial charge in [-0.2, -0.15) is 0 Å². The van der Waals surface area contributed by atoms with Gasteiger partial charge in [-0.1, -0.05) is 30.3 Å². The van der Waals surface area contributed by atoms with Crippen molar-refractivity contribution in [3.8, 4) is 16.9 Å². The number of rotatable bonds is 19. The van der Waals surface area contributed by atoms with Crippen LogP contribution < -0.4 is 20.5 Å². The molecule has 2 N–H and O–H groups in total. The van der Waals surface area contributed by atoms with E-state index in [2.05, 4.69) is 40.3 Å². The van der Waals surface area contributed by atoms with Gasteiger partial charge in [0, 0.05) is 84.9 Å². The summed E-state index contributed by atoms with van der Waals surface area (Å²) >= 11 is 0. The molecule has 2 aliphatic rings. The minimum absolute atomic E-state index is 0.00724. The number of anilines is 1. The maximum atomic E-state index is 13.9. The average Bonchev–Trinajstić information content (AvgIpc) is 3.64. The second-order valence-electron chi connectivity index (χ2n) is 17.5. The maximum absolute atomic E-state index is 13.9. The van der Waals surface area contributed by atoms with Crippen LogP contribution in [0.2, 0.25) is 0 Å². The molecule has 1 saturated heterocycles. The Bertz CT molecular complexity index is 2750. The number of aromatic nitrogens is 3. The number of hydrogen-bond acceptors (Lipinski definition) is 10. The Kier molecular flexibility index (Phi) is 15.1. The van der Waals surface area contributed by atoms with Crippen molar-refractivity contribution in [1.82, 2.24) is 19.9 Å². The topological polar surface area (TPSA) is 154 Å². The molecule has 6 aromatic rings. The maximum Gasteiger partial charge on any atom is 0.253 e. The molecule has 346 valence electrons. The highest BCUT2D eigenvalue weighted by atomic mass is 16.5. The lowest BCUT2D eigenvalue weighted by Crippen LogP contribution is -2.40. The van der Waals surface area contributed by atoms with E-state index in [1.807, 2.05) is 86.1 Å². The van der Waals surface area contributed by atoms with Gasteiger partial charge in [-0.3, -0.25) is 19.2 Å². The van der Waals surface area contributed by atoms with Gasteiger partial charge in [-0.05, 0) is 130 Å². The molecule has 1 aliphatic carbocycles. The number of nitrogens with zero attached hydrogens (tertiary/aromatic N) is 3. The Balaban J connectivity index is 0.815. The number of carbonyl (C=O) groups excluding carboxylic acids is 3. The van der Waals surface area contributed by atoms with Gasteiger partial charge in [0.2, 0.25) is 0 Å². The summed E-state index contributed by atoms with van der Waals surface area (Å²) in [5, 5.41) is 5.11. The fourth-order valence-electron chi connectivity index (χ4n) is 9.55. The van der Waals surface area contributed by atoms with Crippen LogP contribution in [0.5, 0.6) is 5.75 Å². The van der Waals surface area contributed by atoms with Crippen molar-refractivity contribution >= 4 is 45.1 Å². The Morgan fingerprint density at radius 1 is 0.879 bits per heavy atom. The second-order valence-corrected chi connectivity index (χ2v) is 17.5. The minimum Gasteiger partial charge on any atom is -0.491 e. The normalized spacial score (nSPS) is 15.7. The number of ether oxygens (including phenoxy) is 4. The lowest BCUT2D eigenvalue weighted by Gasteiger charge is -2.37. The number of para-hydroxylation sites is 1. The average molecular weight is 896 g/mol. The summed E-state index contributed by atoms with van der Waals surface area (Å²) in [4.78, 5) is 61.6. The summed E-state index contributed by atoms with van der Waals surface area (Å²) in [6, 6.07) is 24.1. The van der Waals surface area contributed by atoms with Gasteiger partial charge >= 0.3 is 0 Å². The van der Waals surface area contributed by atoms with Crippen molar-refractivity contribution in [2.75, 3.05) is 57.7 Å². The first-order chi connectivity index (χ1) is 32.1. The predicted octanol–water partition coefficient (Wildman–Crippen LogP) is 8.31. The van der Waals surface area contributed by atoms with E-state index in [1.54, 1.807) is 0 Å². The molecule has 1 aliphatic heterocycles. The number of carbonyl (C=O) groups is 3. The number of fused-ring (bicyclic) bond motifs is 3. The van der Waals surface area contributed by atoms with Gasteiger partial charge in [0.1, 0.15) is 23.8 Å². The molecule has 13 heteroatoms. The highest BCUT2D eigenvalue weighted by molar-refractivity contribution is 6.10. The van der Waals surface area contributed by atoms with E-state index in [0.29, 0.717) is 76.3 Å². The zero-order valence-electron chi connectivity index (χ0n) is 38.6. The van der Waals surface area contributed by atoms with Crippen LogP contribution in [0.1, 0.15) is 89.8 Å². The number of benzene rings is 3. The van der Waals surface area contributed by atoms with E-state index >= 15 is 0 Å². The fourth-order valence-corrected chi connectivity index (χ4v) is 9.55. The first-order valence-corrected chi connectivity index (χ1v) is 23.4. The molecule has 66 heavy (non-hydrogen) atoms. The minimum atomic E-state index is -0.370. The molecule has 2 fully saturated rings. The molecule has 0 spiro atoms. The Labute approximate surface area is 385 Å². The third-order valence-corrected chi connectivity index (χ3v) is 13.0. The molecule has 8 rings (SSSR count). The lowest BCUT2D eigenvalue weighted by molar-refractivity contribution is -0.132. The molecular formula is C53H61N5O8. The molecule has 4 heterocycles. The highest BCUT2D eigenvalue weighted by Gasteiger charge is 2.31. The number of hydrogen-bond donors (Lipinski definition) is 2. The first-order valence-electron chi connectivity index (χ1n) is 23.4. The molecule has 1 unspecified atom stereocenters. The number of ketones is 2. The second kappa shape index (κ2) is 21.4. The molecule has 3 aromatic heterocycles. The largest absolute Gasteiger partial charge is 0.491 e. The summed E-state index contributed by atoms with van der Waals surface area (Å²) in [6.45, 7) is 12.6. The third-order valence-electron chi connectivity index (χ3n) is 13.0. The summed E-state index contributed by atoms with van der Waals surface area (Å²) in [5.41, 5.74) is 9.20. The standard InChI is InChI=1S/C53H61N5O8/c1-5-57(40-18-21-64-22-19-40)49-30-39(29-44(36(49)4)52(61)55-33-46-34(2)27-35(3)56-53(46)62)38-12-15-42(16-13-38)66-26-25-65-24-23-63-20-8-9-37-28-45-43-10-6-7-11-47(43)58(51(45)54-32-37)48-17-14-41(59)31-50(48)60/h6-7,10-13,15-16,27-30,32,40,48H,5,8-9,14,17-26,31,33H2,1-4H3,(H,55,61)(H,56,62). The smallest absolute Gasteiger partial charge is 0.253 e. The molecular weight excluding hydrogens is 835 g/mol. The molecule has 1 amide bonds. The third kappa shape index (κ3) is 10.6. The van der Waals surface area contributed by atoms with Crippen LogP contribution in [-0.2, 0) is 36.8 Å². The fraction of sp³-hybridized carbons (Fsp3) is 0.415. The first kappa shape index (κ1) is 46.4. The molecule has 13 nitrogen and oxygen atoms in total. The summed E-state index contributed by atoms with van der Waals surface area (Å²) in [7, 11) is 0. The number of nitrogens with one attached hydrogen (secondary N) is 2. The van der Waals surface area contributed by atoms with Crippen LogP contribution in [0.4, 0.5) is 5.69 Å². The van der Waals surface area contributed by atoms with Crippen molar-refractivity contribution in [3.05, 3.63) is 123 Å². The number of amides is 1. The van der Waals surface area contributed by atoms with Crippen LogP contribution in [0, 0.1) is 20.8 Å². The predicted molar refractivity (Wildman–Crippen MR) is 257 cm³/mol. The SMILES string of the molecule is CCN(c1cc(-c2ccc(OCCOCCOCCCc3cnc4c(c3)c3ccccc3n4C3CCC(=O)CC3=O)cc2)cc(C(=O)NCc2c(C)cc(C)[nH]c2=O)c1C)C1CCOCC1. The molecule has 0 bridgehead atoms. The van der Waals surface area contributed by atoms with Crippen molar-refractivity contribution < 1.29 is 33.3 Å². The van der Waals surface area contributed by atoms with E-state index in [1.165, 1.54) is 0 Å². The number of Topliss-reactive ketones (excluding diaryl/α,β-unsaturated/α-hetero) is 2. The van der Waals surface area contributed by atoms with Crippen molar-refractivity contribution in [3.63, 3.8) is 0 Å². The van der Waals surface area contributed by atoms with Gasteiger partial charge in [-0.15, -0.1) is 0 Å². The van der Waals surface area contributed by atoms with Crippen molar-refractivity contribution in [2.45, 2.75) is 91.3 Å². The van der Waals surface area contributed by atoms with Gasteiger partial charge in [-0.25, -0.2) is 4.98 Å². The van der Waals surface area contributed by atoms with Crippen LogP contribution in [-0.4, -0.2) is 90.8 Å². The van der Waals surface area contributed by atoms with Crippen LogP contribution >= 0.6 is 0 Å². The summed E-state index contributed by atoms with van der Waals surface area (Å²) < 4.78 is 25.4. The van der Waals surface area contributed by atoms with Crippen molar-refractivity contribution in [1.29, 1.82) is 0 Å². The van der Waals surface area contributed by atoms with E-state index < -0.39 is 0 Å². The van der Waals surface area contributed by atoms with E-state index in [4.69, 9.17) is 23.9 Å². The van der Waals surface area contributed by atoms with Crippen molar-refractivity contribution in [2.24, 2.45) is 0 Å². The van der Waals surface area contributed by atoms with Gasteiger partial charge in [0.25, 0.3) is 11.5 Å². The summed E-state index contributed by atoms with van der Waals surface area (Å²) in [5.74, 6) is 0.465.